The Morgan fingerprint density at radius 1 is 1.45 bits per heavy atom. The molecule has 5 nitrogen and oxygen atoms in total. The van der Waals surface area contributed by atoms with E-state index in [4.69, 9.17) is 0 Å². The fourth-order valence-electron chi connectivity index (χ4n) is 2.66. The molecular formula is C15H31N3O2. The summed E-state index contributed by atoms with van der Waals surface area (Å²) in [4.78, 5) is 16.2. The van der Waals surface area contributed by atoms with E-state index in [1.807, 2.05) is 0 Å². The van der Waals surface area contributed by atoms with Crippen LogP contribution in [0.15, 0.2) is 0 Å². The van der Waals surface area contributed by atoms with Gasteiger partial charge < -0.3 is 20.2 Å². The monoisotopic (exact) mass is 285 g/mol. The van der Waals surface area contributed by atoms with Crippen molar-refractivity contribution >= 4 is 5.97 Å². The fraction of sp³-hybridized carbons (Fsp3) is 0.933. The lowest BCUT2D eigenvalue weighted by Gasteiger charge is -2.38. The van der Waals surface area contributed by atoms with E-state index >= 15 is 0 Å². The molecule has 20 heavy (non-hydrogen) atoms. The van der Waals surface area contributed by atoms with Gasteiger partial charge in [-0.25, -0.2) is 0 Å². The summed E-state index contributed by atoms with van der Waals surface area (Å²) in [7, 11) is 2.16. The summed E-state index contributed by atoms with van der Waals surface area (Å²) in [6.07, 6.45) is 2.57. The Hall–Kier alpha value is -0.650. The van der Waals surface area contributed by atoms with E-state index in [1.54, 1.807) is 6.92 Å². The van der Waals surface area contributed by atoms with Gasteiger partial charge in [0.1, 0.15) is 5.54 Å². The molecule has 0 spiro atoms. The van der Waals surface area contributed by atoms with Gasteiger partial charge in [-0.2, -0.15) is 0 Å². The van der Waals surface area contributed by atoms with Crippen LogP contribution in [-0.4, -0.2) is 72.2 Å². The van der Waals surface area contributed by atoms with Gasteiger partial charge in [0.05, 0.1) is 0 Å². The minimum Gasteiger partial charge on any atom is -0.480 e. The number of hydrogen-bond donors (Lipinski definition) is 2. The predicted molar refractivity (Wildman–Crippen MR) is 82.1 cm³/mol. The van der Waals surface area contributed by atoms with Crippen LogP contribution in [0.3, 0.4) is 0 Å². The zero-order chi connectivity index (χ0) is 15.2. The number of carbonyl (C=O) groups is 1. The van der Waals surface area contributed by atoms with Gasteiger partial charge in [-0.05, 0) is 53.2 Å². The Bertz CT molecular complexity index is 311. The molecule has 0 saturated carbocycles. The maximum absolute atomic E-state index is 11.4. The average molecular weight is 285 g/mol. The van der Waals surface area contributed by atoms with Crippen LogP contribution in [0.4, 0.5) is 0 Å². The second-order valence-corrected chi connectivity index (χ2v) is 6.30. The maximum Gasteiger partial charge on any atom is 0.323 e. The molecule has 0 radical (unpaired) electrons. The molecule has 1 heterocycles. The molecule has 1 saturated heterocycles. The smallest absolute Gasteiger partial charge is 0.323 e. The van der Waals surface area contributed by atoms with Crippen molar-refractivity contribution in [1.82, 2.24) is 15.1 Å². The molecule has 1 aliphatic heterocycles. The van der Waals surface area contributed by atoms with E-state index < -0.39 is 11.5 Å². The third kappa shape index (κ3) is 5.04. The summed E-state index contributed by atoms with van der Waals surface area (Å²) in [6, 6.07) is 0.591. The Morgan fingerprint density at radius 3 is 2.70 bits per heavy atom. The average Bonchev–Trinajstić information content (AvgIpc) is 2.40. The van der Waals surface area contributed by atoms with Crippen LogP contribution in [-0.2, 0) is 4.79 Å². The van der Waals surface area contributed by atoms with Crippen molar-refractivity contribution in [1.29, 1.82) is 0 Å². The van der Waals surface area contributed by atoms with E-state index in [-0.39, 0.29) is 0 Å². The number of rotatable bonds is 8. The Morgan fingerprint density at radius 2 is 2.15 bits per heavy atom. The summed E-state index contributed by atoms with van der Waals surface area (Å²) < 4.78 is 0. The van der Waals surface area contributed by atoms with Crippen molar-refractivity contribution < 1.29 is 9.90 Å². The summed E-state index contributed by atoms with van der Waals surface area (Å²) in [6.45, 7) is 11.1. The molecule has 1 rings (SSSR count). The van der Waals surface area contributed by atoms with Crippen molar-refractivity contribution in [3.05, 3.63) is 0 Å². The molecule has 1 fully saturated rings. The zero-order valence-corrected chi connectivity index (χ0v) is 13.5. The molecule has 5 heteroatoms. The SMILES string of the molecule is CCCNC(C)(CCCN1CCN(C)C(C)C1)C(=O)O. The van der Waals surface area contributed by atoms with Crippen LogP contribution in [0, 0.1) is 0 Å². The lowest BCUT2D eigenvalue weighted by atomic mass is 9.95. The molecule has 0 amide bonds. The zero-order valence-electron chi connectivity index (χ0n) is 13.5. The minimum absolute atomic E-state index is 0.591. The second-order valence-electron chi connectivity index (χ2n) is 6.30. The maximum atomic E-state index is 11.4. The van der Waals surface area contributed by atoms with Crippen LogP contribution in [0.5, 0.6) is 0 Å². The first kappa shape index (κ1) is 17.4. The molecule has 0 aromatic rings. The first-order valence-corrected chi connectivity index (χ1v) is 7.80. The van der Waals surface area contributed by atoms with Crippen molar-refractivity contribution in [2.45, 2.75) is 51.6 Å². The minimum atomic E-state index is -0.784. The van der Waals surface area contributed by atoms with Crippen LogP contribution in [0.25, 0.3) is 0 Å². The first-order chi connectivity index (χ1) is 9.39. The quantitative estimate of drug-likeness (QED) is 0.703. The van der Waals surface area contributed by atoms with Crippen LogP contribution < -0.4 is 5.32 Å². The highest BCUT2D eigenvalue weighted by Crippen LogP contribution is 2.15. The molecule has 0 bridgehead atoms. The topological polar surface area (TPSA) is 55.8 Å². The highest BCUT2D eigenvalue weighted by molar-refractivity contribution is 5.78. The molecule has 2 N–H and O–H groups in total. The first-order valence-electron chi connectivity index (χ1n) is 7.80. The van der Waals surface area contributed by atoms with Crippen molar-refractivity contribution in [2.24, 2.45) is 0 Å². The van der Waals surface area contributed by atoms with E-state index in [0.29, 0.717) is 12.5 Å². The molecule has 2 atom stereocenters. The summed E-state index contributed by atoms with van der Waals surface area (Å²) in [5.41, 5.74) is -0.784. The molecular weight excluding hydrogens is 254 g/mol. The molecule has 1 aliphatic rings. The van der Waals surface area contributed by atoms with Crippen molar-refractivity contribution in [3.8, 4) is 0 Å². The van der Waals surface area contributed by atoms with Gasteiger partial charge in [0.2, 0.25) is 0 Å². The van der Waals surface area contributed by atoms with Gasteiger partial charge in [0.15, 0.2) is 0 Å². The van der Waals surface area contributed by atoms with E-state index in [0.717, 1.165) is 45.6 Å². The molecule has 0 aromatic heterocycles. The van der Waals surface area contributed by atoms with E-state index in [2.05, 4.69) is 36.0 Å². The summed E-state index contributed by atoms with van der Waals surface area (Å²) in [5.74, 6) is -0.738. The van der Waals surface area contributed by atoms with Gasteiger partial charge in [-0.1, -0.05) is 6.92 Å². The van der Waals surface area contributed by atoms with Crippen LogP contribution >= 0.6 is 0 Å². The van der Waals surface area contributed by atoms with Crippen molar-refractivity contribution in [3.63, 3.8) is 0 Å². The predicted octanol–water partition coefficient (Wildman–Crippen LogP) is 1.25. The summed E-state index contributed by atoms with van der Waals surface area (Å²) >= 11 is 0. The van der Waals surface area contributed by atoms with Gasteiger partial charge >= 0.3 is 5.97 Å². The largest absolute Gasteiger partial charge is 0.480 e. The number of carboxylic acids is 1. The highest BCUT2D eigenvalue weighted by atomic mass is 16.4. The lowest BCUT2D eigenvalue weighted by Crippen LogP contribution is -2.52. The molecule has 118 valence electrons. The molecule has 0 aliphatic carbocycles. The van der Waals surface area contributed by atoms with Gasteiger partial charge in [-0.3, -0.25) is 4.79 Å². The number of likely N-dealkylation sites (N-methyl/N-ethyl adjacent to an activating group) is 1. The number of nitrogens with one attached hydrogen (secondary N) is 1. The highest BCUT2D eigenvalue weighted by Gasteiger charge is 2.32. The Kier molecular flexibility index (Phi) is 6.92. The van der Waals surface area contributed by atoms with Gasteiger partial charge in [0, 0.05) is 25.7 Å². The standard InChI is InChI=1S/C15H31N3O2/c1-5-8-16-15(3,14(19)20)7-6-9-18-11-10-17(4)13(2)12-18/h13,16H,5-12H2,1-4H3,(H,19,20). The lowest BCUT2D eigenvalue weighted by molar-refractivity contribution is -0.144. The number of piperazine rings is 1. The number of nitrogens with zero attached hydrogens (tertiary/aromatic N) is 2. The van der Waals surface area contributed by atoms with Gasteiger partial charge in [0.25, 0.3) is 0 Å². The number of carboxylic acid groups (broad SMARTS) is 1. The van der Waals surface area contributed by atoms with E-state index in [1.165, 1.54) is 0 Å². The van der Waals surface area contributed by atoms with Gasteiger partial charge in [-0.15, -0.1) is 0 Å². The molecule has 2 unspecified atom stereocenters. The summed E-state index contributed by atoms with van der Waals surface area (Å²) in [5, 5.41) is 12.6. The third-order valence-corrected chi connectivity index (χ3v) is 4.43. The number of hydrogen-bond acceptors (Lipinski definition) is 4. The normalized spacial score (nSPS) is 24.5. The molecule has 0 aromatic carbocycles. The van der Waals surface area contributed by atoms with E-state index in [9.17, 15) is 9.90 Å². The van der Waals surface area contributed by atoms with Crippen molar-refractivity contribution in [2.75, 3.05) is 39.8 Å². The van der Waals surface area contributed by atoms with Crippen LogP contribution in [0.2, 0.25) is 0 Å². The Labute approximate surface area is 123 Å². The second kappa shape index (κ2) is 7.96. The third-order valence-electron chi connectivity index (χ3n) is 4.43. The fourth-order valence-corrected chi connectivity index (χ4v) is 2.66. The number of aliphatic carboxylic acids is 1. The Balaban J connectivity index is 2.35. The van der Waals surface area contributed by atoms with Crippen LogP contribution in [0.1, 0.15) is 40.0 Å².